The van der Waals surface area contributed by atoms with E-state index in [9.17, 15) is 4.79 Å². The molecule has 0 saturated carbocycles. The van der Waals surface area contributed by atoms with Gasteiger partial charge in [-0.15, -0.1) is 0 Å². The van der Waals surface area contributed by atoms with Crippen molar-refractivity contribution in [2.75, 3.05) is 19.6 Å². The predicted molar refractivity (Wildman–Crippen MR) is 89.5 cm³/mol. The molecule has 2 fully saturated rings. The number of hydrogen-bond acceptors (Lipinski definition) is 3. The molecule has 1 aromatic carbocycles. The molecule has 5 nitrogen and oxygen atoms in total. The van der Waals surface area contributed by atoms with Gasteiger partial charge < -0.3 is 19.9 Å². The summed E-state index contributed by atoms with van der Waals surface area (Å²) < 4.78 is 5.81. The van der Waals surface area contributed by atoms with E-state index in [0.29, 0.717) is 6.54 Å². The van der Waals surface area contributed by atoms with Gasteiger partial charge in [0.25, 0.3) is 0 Å². The SMILES string of the molecule is CC1N(CCc2c[nH]c3ccccc23)C(=O)OC12CCNCC2. The zero-order valence-corrected chi connectivity index (χ0v) is 13.5. The molecule has 0 radical (unpaired) electrons. The first-order valence-corrected chi connectivity index (χ1v) is 8.45. The molecule has 2 aliphatic heterocycles. The third-order valence-corrected chi connectivity index (χ3v) is 5.50. The largest absolute Gasteiger partial charge is 0.440 e. The van der Waals surface area contributed by atoms with E-state index >= 15 is 0 Å². The van der Waals surface area contributed by atoms with Crippen LogP contribution >= 0.6 is 0 Å². The maximum Gasteiger partial charge on any atom is 0.410 e. The normalized spacial score (nSPS) is 23.6. The maximum absolute atomic E-state index is 12.4. The van der Waals surface area contributed by atoms with Gasteiger partial charge in [-0.2, -0.15) is 0 Å². The summed E-state index contributed by atoms with van der Waals surface area (Å²) in [5.41, 5.74) is 2.11. The molecular formula is C18H23N3O2. The molecule has 1 unspecified atom stereocenters. The number of fused-ring (bicyclic) bond motifs is 1. The lowest BCUT2D eigenvalue weighted by Crippen LogP contribution is -2.50. The van der Waals surface area contributed by atoms with Crippen LogP contribution in [0.4, 0.5) is 4.79 Å². The van der Waals surface area contributed by atoms with Gasteiger partial charge >= 0.3 is 6.09 Å². The molecule has 2 N–H and O–H groups in total. The summed E-state index contributed by atoms with van der Waals surface area (Å²) in [5.74, 6) is 0. The number of hydrogen-bond donors (Lipinski definition) is 2. The van der Waals surface area contributed by atoms with Crippen LogP contribution in [0.5, 0.6) is 0 Å². The summed E-state index contributed by atoms with van der Waals surface area (Å²) in [7, 11) is 0. The van der Waals surface area contributed by atoms with E-state index in [4.69, 9.17) is 4.74 Å². The Hall–Kier alpha value is -2.01. The summed E-state index contributed by atoms with van der Waals surface area (Å²) in [4.78, 5) is 17.6. The van der Waals surface area contributed by atoms with Crippen molar-refractivity contribution in [3.63, 3.8) is 0 Å². The molecule has 5 heteroatoms. The lowest BCUT2D eigenvalue weighted by molar-refractivity contribution is 0.0117. The van der Waals surface area contributed by atoms with E-state index in [1.807, 2.05) is 11.0 Å². The molecule has 0 bridgehead atoms. The average Bonchev–Trinajstić information content (AvgIpc) is 3.07. The predicted octanol–water partition coefficient (Wildman–Crippen LogP) is 2.67. The summed E-state index contributed by atoms with van der Waals surface area (Å²) in [6.45, 7) is 4.68. The molecule has 0 aliphatic carbocycles. The quantitative estimate of drug-likeness (QED) is 0.916. The third-order valence-electron chi connectivity index (χ3n) is 5.50. The van der Waals surface area contributed by atoms with E-state index < -0.39 is 0 Å². The fraction of sp³-hybridized carbons (Fsp3) is 0.500. The molecule has 2 aromatic rings. The van der Waals surface area contributed by atoms with Crippen LogP contribution in [-0.4, -0.2) is 47.3 Å². The fourth-order valence-corrected chi connectivity index (χ4v) is 3.99. The summed E-state index contributed by atoms with van der Waals surface area (Å²) >= 11 is 0. The van der Waals surface area contributed by atoms with Crippen molar-refractivity contribution in [3.05, 3.63) is 36.0 Å². The maximum atomic E-state index is 12.4. The first kappa shape index (κ1) is 14.6. The van der Waals surface area contributed by atoms with Gasteiger partial charge in [0.2, 0.25) is 0 Å². The van der Waals surface area contributed by atoms with E-state index in [0.717, 1.165) is 37.9 Å². The first-order valence-electron chi connectivity index (χ1n) is 8.45. The number of para-hydroxylation sites is 1. The number of piperidine rings is 1. The lowest BCUT2D eigenvalue weighted by Gasteiger charge is -2.36. The van der Waals surface area contributed by atoms with Gasteiger partial charge in [-0.25, -0.2) is 4.79 Å². The van der Waals surface area contributed by atoms with E-state index in [2.05, 4.69) is 41.6 Å². The number of benzene rings is 1. The highest BCUT2D eigenvalue weighted by molar-refractivity contribution is 5.83. The molecule has 1 atom stereocenters. The van der Waals surface area contributed by atoms with Crippen LogP contribution in [-0.2, 0) is 11.2 Å². The summed E-state index contributed by atoms with van der Waals surface area (Å²) in [6, 6.07) is 8.43. The van der Waals surface area contributed by atoms with Crippen LogP contribution in [0, 0.1) is 0 Å². The highest BCUT2D eigenvalue weighted by atomic mass is 16.6. The number of aromatic amines is 1. The van der Waals surface area contributed by atoms with Gasteiger partial charge in [0, 0.05) is 36.5 Å². The highest BCUT2D eigenvalue weighted by Gasteiger charge is 2.51. The number of H-pyrrole nitrogens is 1. The number of nitrogens with zero attached hydrogens (tertiary/aromatic N) is 1. The molecule has 4 rings (SSSR count). The molecule has 122 valence electrons. The zero-order chi connectivity index (χ0) is 15.9. The Morgan fingerprint density at radius 2 is 2.09 bits per heavy atom. The molecular weight excluding hydrogens is 290 g/mol. The van der Waals surface area contributed by atoms with Crippen molar-refractivity contribution in [2.45, 2.75) is 37.8 Å². The molecule has 3 heterocycles. The number of carbonyl (C=O) groups excluding carboxylic acids is 1. The van der Waals surface area contributed by atoms with Gasteiger partial charge in [-0.1, -0.05) is 18.2 Å². The second kappa shape index (κ2) is 5.57. The third kappa shape index (κ3) is 2.39. The standard InChI is InChI=1S/C18H23N3O2/c1-13-18(7-9-19-10-8-18)23-17(22)21(13)11-6-14-12-20-16-5-3-2-4-15(14)16/h2-5,12-13,19-20H,6-11H2,1H3. The van der Waals surface area contributed by atoms with Crippen molar-refractivity contribution in [1.82, 2.24) is 15.2 Å². The first-order chi connectivity index (χ1) is 11.2. The second-order valence-corrected chi connectivity index (χ2v) is 6.66. The Morgan fingerprint density at radius 1 is 1.30 bits per heavy atom. The zero-order valence-electron chi connectivity index (χ0n) is 13.5. The van der Waals surface area contributed by atoms with Crippen LogP contribution in [0.15, 0.2) is 30.5 Å². The molecule has 2 aliphatic rings. The van der Waals surface area contributed by atoms with Crippen LogP contribution < -0.4 is 5.32 Å². The number of aromatic nitrogens is 1. The average molecular weight is 313 g/mol. The number of ether oxygens (including phenoxy) is 1. The van der Waals surface area contributed by atoms with Crippen molar-refractivity contribution in [2.24, 2.45) is 0 Å². The van der Waals surface area contributed by atoms with E-state index in [1.165, 1.54) is 10.9 Å². The molecule has 1 amide bonds. The minimum Gasteiger partial charge on any atom is -0.440 e. The highest BCUT2D eigenvalue weighted by Crippen LogP contribution is 2.37. The van der Waals surface area contributed by atoms with Gasteiger partial charge in [0.1, 0.15) is 5.60 Å². The minimum absolute atomic E-state index is 0.141. The van der Waals surface area contributed by atoms with Crippen molar-refractivity contribution >= 4 is 17.0 Å². The monoisotopic (exact) mass is 313 g/mol. The molecule has 1 spiro atoms. The number of nitrogens with one attached hydrogen (secondary N) is 2. The topological polar surface area (TPSA) is 57.4 Å². The van der Waals surface area contributed by atoms with Gasteiger partial charge in [-0.3, -0.25) is 0 Å². The Balaban J connectivity index is 1.49. The van der Waals surface area contributed by atoms with Crippen molar-refractivity contribution < 1.29 is 9.53 Å². The van der Waals surface area contributed by atoms with Crippen LogP contribution in [0.1, 0.15) is 25.3 Å². The Kier molecular flexibility index (Phi) is 3.53. The fourth-order valence-electron chi connectivity index (χ4n) is 3.99. The van der Waals surface area contributed by atoms with Crippen molar-refractivity contribution in [3.8, 4) is 0 Å². The van der Waals surface area contributed by atoms with Gasteiger partial charge in [0.05, 0.1) is 6.04 Å². The second-order valence-electron chi connectivity index (χ2n) is 6.66. The Morgan fingerprint density at radius 3 is 2.91 bits per heavy atom. The van der Waals surface area contributed by atoms with Crippen molar-refractivity contribution in [1.29, 1.82) is 0 Å². The Labute approximate surface area is 136 Å². The van der Waals surface area contributed by atoms with E-state index in [1.54, 1.807) is 0 Å². The van der Waals surface area contributed by atoms with Crippen LogP contribution in [0.25, 0.3) is 10.9 Å². The number of amides is 1. The summed E-state index contributed by atoms with van der Waals surface area (Å²) in [5, 5.41) is 4.59. The van der Waals surface area contributed by atoms with Crippen LogP contribution in [0.2, 0.25) is 0 Å². The number of rotatable bonds is 3. The summed E-state index contributed by atoms with van der Waals surface area (Å²) in [6.07, 6.45) is 4.56. The smallest absolute Gasteiger partial charge is 0.410 e. The number of carbonyl (C=O) groups is 1. The molecule has 2 saturated heterocycles. The van der Waals surface area contributed by atoms with E-state index in [-0.39, 0.29) is 17.7 Å². The van der Waals surface area contributed by atoms with Gasteiger partial charge in [-0.05, 0) is 38.1 Å². The Bertz CT molecular complexity index is 718. The van der Waals surface area contributed by atoms with Crippen LogP contribution in [0.3, 0.4) is 0 Å². The molecule has 23 heavy (non-hydrogen) atoms. The lowest BCUT2D eigenvalue weighted by atomic mass is 9.86. The minimum atomic E-state index is -0.289. The molecule has 1 aromatic heterocycles. The van der Waals surface area contributed by atoms with Gasteiger partial charge in [0.15, 0.2) is 0 Å².